The average molecular weight is 274 g/mol. The minimum atomic E-state index is -0.767. The van der Waals surface area contributed by atoms with Gasteiger partial charge in [0.25, 0.3) is 0 Å². The Kier molecular flexibility index (Phi) is 5.26. The standard InChI is InChI=1S/C13H20ClNO3/c1-13(2,16)4-5-18-12-10(14)6-9(8-15)7-11(12)17-3/h6-7,16H,4-5,8,15H2,1-3H3. The predicted octanol–water partition coefficient (Wildman–Crippen LogP) is 2.35. The van der Waals surface area contributed by atoms with Crippen molar-refractivity contribution in [2.24, 2.45) is 5.73 Å². The molecule has 1 aromatic carbocycles. The predicted molar refractivity (Wildman–Crippen MR) is 72.3 cm³/mol. The lowest BCUT2D eigenvalue weighted by molar-refractivity contribution is 0.0549. The highest BCUT2D eigenvalue weighted by molar-refractivity contribution is 6.32. The second-order valence-corrected chi connectivity index (χ2v) is 5.13. The van der Waals surface area contributed by atoms with Crippen LogP contribution >= 0.6 is 11.6 Å². The zero-order valence-corrected chi connectivity index (χ0v) is 11.8. The molecule has 0 aliphatic heterocycles. The van der Waals surface area contributed by atoms with E-state index < -0.39 is 5.60 Å². The zero-order chi connectivity index (χ0) is 13.8. The fourth-order valence-electron chi connectivity index (χ4n) is 1.43. The Balaban J connectivity index is 2.81. The maximum atomic E-state index is 9.61. The molecular weight excluding hydrogens is 254 g/mol. The molecule has 1 aromatic rings. The Morgan fingerprint density at radius 2 is 2.06 bits per heavy atom. The van der Waals surface area contributed by atoms with Crippen LogP contribution in [-0.4, -0.2) is 24.4 Å². The van der Waals surface area contributed by atoms with Gasteiger partial charge in [-0.05, 0) is 31.5 Å². The van der Waals surface area contributed by atoms with Crippen molar-refractivity contribution in [1.29, 1.82) is 0 Å². The summed E-state index contributed by atoms with van der Waals surface area (Å²) in [6.45, 7) is 4.21. The molecule has 0 saturated heterocycles. The summed E-state index contributed by atoms with van der Waals surface area (Å²) in [5.41, 5.74) is 5.68. The normalized spacial score (nSPS) is 11.4. The molecule has 4 nitrogen and oxygen atoms in total. The van der Waals surface area contributed by atoms with Crippen molar-refractivity contribution in [3.05, 3.63) is 22.7 Å². The van der Waals surface area contributed by atoms with Crippen LogP contribution in [0.5, 0.6) is 11.5 Å². The van der Waals surface area contributed by atoms with Crippen LogP contribution in [0.15, 0.2) is 12.1 Å². The van der Waals surface area contributed by atoms with Crippen LogP contribution in [-0.2, 0) is 6.54 Å². The molecule has 0 radical (unpaired) electrons. The van der Waals surface area contributed by atoms with Crippen LogP contribution in [0.1, 0.15) is 25.8 Å². The summed E-state index contributed by atoms with van der Waals surface area (Å²) in [7, 11) is 1.55. The Morgan fingerprint density at radius 3 is 2.56 bits per heavy atom. The number of hydrogen-bond acceptors (Lipinski definition) is 4. The van der Waals surface area contributed by atoms with Crippen molar-refractivity contribution in [2.75, 3.05) is 13.7 Å². The Labute approximate surface area is 113 Å². The van der Waals surface area contributed by atoms with Gasteiger partial charge in [-0.1, -0.05) is 11.6 Å². The molecule has 0 unspecified atom stereocenters. The number of aliphatic hydroxyl groups is 1. The fraction of sp³-hybridized carbons (Fsp3) is 0.538. The Bertz CT molecular complexity index is 402. The van der Waals surface area contributed by atoms with Crippen molar-refractivity contribution < 1.29 is 14.6 Å². The number of methoxy groups -OCH3 is 1. The van der Waals surface area contributed by atoms with E-state index in [2.05, 4.69) is 0 Å². The summed E-state index contributed by atoms with van der Waals surface area (Å²) in [4.78, 5) is 0. The van der Waals surface area contributed by atoms with Gasteiger partial charge in [0.1, 0.15) is 0 Å². The van der Waals surface area contributed by atoms with E-state index in [4.69, 9.17) is 26.8 Å². The molecule has 0 aliphatic rings. The summed E-state index contributed by atoms with van der Waals surface area (Å²) in [6.07, 6.45) is 0.505. The maximum Gasteiger partial charge on any atom is 0.179 e. The molecule has 5 heteroatoms. The fourth-order valence-corrected chi connectivity index (χ4v) is 1.72. The molecule has 0 bridgehead atoms. The number of benzene rings is 1. The minimum absolute atomic E-state index is 0.363. The second-order valence-electron chi connectivity index (χ2n) is 4.72. The summed E-state index contributed by atoms with van der Waals surface area (Å²) in [6, 6.07) is 3.55. The van der Waals surface area contributed by atoms with Gasteiger partial charge in [0.15, 0.2) is 11.5 Å². The summed E-state index contributed by atoms with van der Waals surface area (Å²) in [5, 5.41) is 10.1. The van der Waals surface area contributed by atoms with Crippen molar-refractivity contribution in [2.45, 2.75) is 32.4 Å². The third-order valence-electron chi connectivity index (χ3n) is 2.49. The van der Waals surface area contributed by atoms with Gasteiger partial charge in [0.2, 0.25) is 0 Å². The highest BCUT2D eigenvalue weighted by Gasteiger charge is 2.15. The molecule has 18 heavy (non-hydrogen) atoms. The van der Waals surface area contributed by atoms with E-state index in [9.17, 15) is 5.11 Å². The van der Waals surface area contributed by atoms with Gasteiger partial charge in [-0.25, -0.2) is 0 Å². The number of nitrogens with two attached hydrogens (primary N) is 1. The van der Waals surface area contributed by atoms with Crippen LogP contribution < -0.4 is 15.2 Å². The third kappa shape index (κ3) is 4.37. The zero-order valence-electron chi connectivity index (χ0n) is 11.0. The van der Waals surface area contributed by atoms with Crippen LogP contribution in [0.25, 0.3) is 0 Å². The largest absolute Gasteiger partial charge is 0.493 e. The molecule has 1 rings (SSSR count). The van der Waals surface area contributed by atoms with Crippen molar-refractivity contribution in [3.63, 3.8) is 0 Å². The van der Waals surface area contributed by atoms with E-state index in [1.54, 1.807) is 33.1 Å². The molecule has 0 atom stereocenters. The van der Waals surface area contributed by atoms with E-state index in [1.807, 2.05) is 0 Å². The molecule has 0 spiro atoms. The van der Waals surface area contributed by atoms with Crippen LogP contribution in [0.2, 0.25) is 5.02 Å². The Morgan fingerprint density at radius 1 is 1.39 bits per heavy atom. The van der Waals surface area contributed by atoms with Crippen LogP contribution in [0.4, 0.5) is 0 Å². The summed E-state index contributed by atoms with van der Waals surface area (Å²) < 4.78 is 10.8. The number of halogens is 1. The van der Waals surface area contributed by atoms with Crippen LogP contribution in [0.3, 0.4) is 0 Å². The molecule has 0 fully saturated rings. The third-order valence-corrected chi connectivity index (χ3v) is 2.77. The minimum Gasteiger partial charge on any atom is -0.493 e. The molecule has 0 saturated carbocycles. The van der Waals surface area contributed by atoms with E-state index in [0.29, 0.717) is 36.1 Å². The van der Waals surface area contributed by atoms with E-state index in [0.717, 1.165) is 5.56 Å². The first-order chi connectivity index (χ1) is 8.37. The molecule has 0 aliphatic carbocycles. The van der Waals surface area contributed by atoms with Crippen LogP contribution in [0, 0.1) is 0 Å². The lowest BCUT2D eigenvalue weighted by atomic mass is 10.1. The number of rotatable bonds is 6. The first-order valence-electron chi connectivity index (χ1n) is 5.79. The van der Waals surface area contributed by atoms with Gasteiger partial charge < -0.3 is 20.3 Å². The van der Waals surface area contributed by atoms with Gasteiger partial charge in [-0.15, -0.1) is 0 Å². The number of ether oxygens (including phenoxy) is 2. The summed E-state index contributed by atoms with van der Waals surface area (Å²) in [5.74, 6) is 1.04. The summed E-state index contributed by atoms with van der Waals surface area (Å²) >= 11 is 6.12. The number of hydrogen-bond donors (Lipinski definition) is 2. The smallest absolute Gasteiger partial charge is 0.179 e. The molecule has 102 valence electrons. The van der Waals surface area contributed by atoms with Gasteiger partial charge >= 0.3 is 0 Å². The molecular formula is C13H20ClNO3. The highest BCUT2D eigenvalue weighted by Crippen LogP contribution is 2.36. The Hall–Kier alpha value is -0.970. The van der Waals surface area contributed by atoms with E-state index >= 15 is 0 Å². The molecule has 0 aromatic heterocycles. The average Bonchev–Trinajstić information content (AvgIpc) is 2.29. The van der Waals surface area contributed by atoms with Crippen molar-refractivity contribution in [3.8, 4) is 11.5 Å². The lowest BCUT2D eigenvalue weighted by Gasteiger charge is -2.19. The van der Waals surface area contributed by atoms with E-state index in [-0.39, 0.29) is 0 Å². The SMILES string of the molecule is COc1cc(CN)cc(Cl)c1OCCC(C)(C)O. The van der Waals surface area contributed by atoms with Gasteiger partial charge in [0.05, 0.1) is 24.3 Å². The second kappa shape index (κ2) is 6.27. The van der Waals surface area contributed by atoms with Crippen molar-refractivity contribution >= 4 is 11.6 Å². The topological polar surface area (TPSA) is 64.7 Å². The highest BCUT2D eigenvalue weighted by atomic mass is 35.5. The van der Waals surface area contributed by atoms with E-state index in [1.165, 1.54) is 0 Å². The first kappa shape index (κ1) is 15.1. The quantitative estimate of drug-likeness (QED) is 0.835. The molecule has 0 amide bonds. The monoisotopic (exact) mass is 273 g/mol. The first-order valence-corrected chi connectivity index (χ1v) is 6.17. The van der Waals surface area contributed by atoms with Crippen molar-refractivity contribution in [1.82, 2.24) is 0 Å². The molecule has 0 heterocycles. The van der Waals surface area contributed by atoms with Gasteiger partial charge in [0, 0.05) is 13.0 Å². The molecule has 3 N–H and O–H groups in total. The van der Waals surface area contributed by atoms with Gasteiger partial charge in [-0.3, -0.25) is 0 Å². The maximum absolute atomic E-state index is 9.61. The van der Waals surface area contributed by atoms with Gasteiger partial charge in [-0.2, -0.15) is 0 Å². The lowest BCUT2D eigenvalue weighted by Crippen LogP contribution is -2.22.